The van der Waals surface area contributed by atoms with Gasteiger partial charge in [-0.05, 0) is 25.0 Å². The second-order valence-corrected chi connectivity index (χ2v) is 8.11. The molecule has 0 spiro atoms. The second kappa shape index (κ2) is 6.22. The van der Waals surface area contributed by atoms with Crippen molar-refractivity contribution >= 4 is 19.7 Å². The van der Waals surface area contributed by atoms with E-state index in [2.05, 4.69) is 0 Å². The summed E-state index contributed by atoms with van der Waals surface area (Å²) < 4.78 is 33.9. The summed E-state index contributed by atoms with van der Waals surface area (Å²) in [5.74, 6) is 1.25. The van der Waals surface area contributed by atoms with Crippen molar-refractivity contribution in [3.05, 3.63) is 24.3 Å². The Bertz CT molecular complexity index is 550. The van der Waals surface area contributed by atoms with Crippen molar-refractivity contribution in [1.82, 2.24) is 0 Å². The highest BCUT2D eigenvalue weighted by atomic mass is 35.7. The van der Waals surface area contributed by atoms with Crippen LogP contribution < -0.4 is 9.47 Å². The fourth-order valence-electron chi connectivity index (χ4n) is 2.79. The fourth-order valence-corrected chi connectivity index (χ4v) is 4.59. The highest BCUT2D eigenvalue weighted by Gasteiger charge is 2.38. The van der Waals surface area contributed by atoms with Crippen LogP contribution in [0.3, 0.4) is 0 Å². The van der Waals surface area contributed by atoms with Gasteiger partial charge < -0.3 is 9.47 Å². The first-order valence-electron chi connectivity index (χ1n) is 6.62. The van der Waals surface area contributed by atoms with E-state index in [0.29, 0.717) is 18.1 Å². The molecule has 0 heterocycles. The summed E-state index contributed by atoms with van der Waals surface area (Å²) in [6, 6.07) is 7.35. The van der Waals surface area contributed by atoms with Crippen molar-refractivity contribution in [2.24, 2.45) is 5.41 Å². The van der Waals surface area contributed by atoms with E-state index in [4.69, 9.17) is 20.2 Å². The molecular weight excluding hydrogens is 300 g/mol. The predicted octanol–water partition coefficient (Wildman–Crippen LogP) is 3.20. The number of halogens is 1. The molecule has 0 bridgehead atoms. The Morgan fingerprint density at radius 2 is 1.80 bits per heavy atom. The smallest absolute Gasteiger partial charge is 0.233 e. The van der Waals surface area contributed by atoms with E-state index in [-0.39, 0.29) is 11.2 Å². The minimum atomic E-state index is -3.53. The molecule has 1 aliphatic carbocycles. The molecule has 6 heteroatoms. The minimum absolute atomic E-state index is 0.0310. The molecule has 0 aromatic heterocycles. The Balaban J connectivity index is 2.10. The standard InChI is InChI=1S/C14H19ClO4S/c1-18-12-6-2-3-7-13(12)19-10-14(8-4-5-9-14)11-20(15,16)17/h2-3,6-7H,4-5,8-11H2,1H3. The molecule has 4 nitrogen and oxygen atoms in total. The fraction of sp³-hybridized carbons (Fsp3) is 0.571. The molecule has 0 atom stereocenters. The Hall–Kier alpha value is -0.940. The molecule has 0 amide bonds. The normalized spacial score (nSPS) is 17.9. The number of hydrogen-bond donors (Lipinski definition) is 0. The lowest BCUT2D eigenvalue weighted by molar-refractivity contribution is 0.166. The van der Waals surface area contributed by atoms with Crippen molar-refractivity contribution in [1.29, 1.82) is 0 Å². The summed E-state index contributed by atoms with van der Waals surface area (Å²) in [6.07, 6.45) is 3.69. The van der Waals surface area contributed by atoms with Gasteiger partial charge in [0, 0.05) is 16.1 Å². The maximum absolute atomic E-state index is 11.4. The summed E-state index contributed by atoms with van der Waals surface area (Å²) in [4.78, 5) is 0. The van der Waals surface area contributed by atoms with E-state index in [1.165, 1.54) is 0 Å². The van der Waals surface area contributed by atoms with Crippen LogP contribution in [-0.2, 0) is 9.05 Å². The number of hydrogen-bond acceptors (Lipinski definition) is 4. The lowest BCUT2D eigenvalue weighted by Crippen LogP contribution is -2.32. The highest BCUT2D eigenvalue weighted by molar-refractivity contribution is 8.13. The van der Waals surface area contributed by atoms with Gasteiger partial charge in [-0.15, -0.1) is 0 Å². The average Bonchev–Trinajstić information content (AvgIpc) is 2.83. The first kappa shape index (κ1) is 15.4. The molecule has 0 aliphatic heterocycles. The highest BCUT2D eigenvalue weighted by Crippen LogP contribution is 2.41. The first-order chi connectivity index (χ1) is 9.44. The molecule has 2 rings (SSSR count). The number of methoxy groups -OCH3 is 1. The lowest BCUT2D eigenvalue weighted by Gasteiger charge is -2.27. The van der Waals surface area contributed by atoms with Gasteiger partial charge in [0.15, 0.2) is 11.5 Å². The van der Waals surface area contributed by atoms with Crippen molar-refractivity contribution < 1.29 is 17.9 Å². The maximum Gasteiger partial charge on any atom is 0.233 e. The zero-order valence-corrected chi connectivity index (χ0v) is 13.0. The zero-order valence-electron chi connectivity index (χ0n) is 11.5. The Morgan fingerprint density at radius 1 is 1.20 bits per heavy atom. The molecule has 0 N–H and O–H groups in total. The largest absolute Gasteiger partial charge is 0.493 e. The van der Waals surface area contributed by atoms with Gasteiger partial charge in [-0.25, -0.2) is 8.42 Å². The Morgan fingerprint density at radius 3 is 2.35 bits per heavy atom. The van der Waals surface area contributed by atoms with Crippen LogP contribution in [0.25, 0.3) is 0 Å². The zero-order chi connectivity index (χ0) is 14.6. The van der Waals surface area contributed by atoms with Crippen molar-refractivity contribution in [3.63, 3.8) is 0 Å². The quantitative estimate of drug-likeness (QED) is 0.756. The van der Waals surface area contributed by atoms with Gasteiger partial charge in [0.1, 0.15) is 0 Å². The monoisotopic (exact) mass is 318 g/mol. The SMILES string of the molecule is COc1ccccc1OCC1(CS(=O)(=O)Cl)CCCC1. The molecule has 1 aromatic carbocycles. The van der Waals surface area contributed by atoms with Gasteiger partial charge in [-0.3, -0.25) is 0 Å². The third-order valence-corrected chi connectivity index (χ3v) is 5.03. The van der Waals surface area contributed by atoms with Gasteiger partial charge in [0.25, 0.3) is 0 Å². The summed E-state index contributed by atoms with van der Waals surface area (Å²) in [5, 5.41) is 0. The van der Waals surface area contributed by atoms with Crippen LogP contribution in [0.1, 0.15) is 25.7 Å². The summed E-state index contributed by atoms with van der Waals surface area (Å²) in [7, 11) is 3.49. The summed E-state index contributed by atoms with van der Waals surface area (Å²) in [5.41, 5.74) is -0.374. The molecule has 0 saturated heterocycles. The van der Waals surface area contributed by atoms with E-state index in [1.54, 1.807) is 7.11 Å². The number of rotatable bonds is 6. The maximum atomic E-state index is 11.4. The van der Waals surface area contributed by atoms with E-state index in [1.807, 2.05) is 24.3 Å². The van der Waals surface area contributed by atoms with Crippen LogP contribution in [0.2, 0.25) is 0 Å². The molecular formula is C14H19ClO4S. The number of benzene rings is 1. The first-order valence-corrected chi connectivity index (χ1v) is 9.10. The van der Waals surface area contributed by atoms with Crippen LogP contribution in [0.5, 0.6) is 11.5 Å². The number of para-hydroxylation sites is 2. The van der Waals surface area contributed by atoms with E-state index >= 15 is 0 Å². The molecule has 1 aromatic rings. The van der Waals surface area contributed by atoms with Gasteiger partial charge in [0.2, 0.25) is 9.05 Å². The average molecular weight is 319 g/mol. The molecule has 1 aliphatic rings. The van der Waals surface area contributed by atoms with Crippen molar-refractivity contribution in [3.8, 4) is 11.5 Å². The van der Waals surface area contributed by atoms with Gasteiger partial charge in [-0.1, -0.05) is 25.0 Å². The van der Waals surface area contributed by atoms with Gasteiger partial charge >= 0.3 is 0 Å². The molecule has 0 unspecified atom stereocenters. The lowest BCUT2D eigenvalue weighted by atomic mass is 9.90. The number of ether oxygens (including phenoxy) is 2. The van der Waals surface area contributed by atoms with Crippen molar-refractivity contribution in [2.45, 2.75) is 25.7 Å². The van der Waals surface area contributed by atoms with Gasteiger partial charge in [-0.2, -0.15) is 0 Å². The second-order valence-electron chi connectivity index (χ2n) is 5.33. The summed E-state index contributed by atoms with van der Waals surface area (Å²) in [6.45, 7) is 0.347. The third kappa shape index (κ3) is 4.03. The summed E-state index contributed by atoms with van der Waals surface area (Å²) >= 11 is 0. The molecule has 1 saturated carbocycles. The Labute approximate surface area is 124 Å². The van der Waals surface area contributed by atoms with E-state index in [0.717, 1.165) is 25.7 Å². The molecule has 0 radical (unpaired) electrons. The topological polar surface area (TPSA) is 52.6 Å². The van der Waals surface area contributed by atoms with Gasteiger partial charge in [0.05, 0.1) is 19.5 Å². The van der Waals surface area contributed by atoms with Crippen LogP contribution in [0.4, 0.5) is 0 Å². The molecule has 20 heavy (non-hydrogen) atoms. The minimum Gasteiger partial charge on any atom is -0.493 e. The van der Waals surface area contributed by atoms with Crippen LogP contribution in [-0.4, -0.2) is 27.9 Å². The van der Waals surface area contributed by atoms with Crippen LogP contribution >= 0.6 is 10.7 Å². The van der Waals surface area contributed by atoms with E-state index in [9.17, 15) is 8.42 Å². The molecule has 1 fully saturated rings. The Kier molecular flexibility index (Phi) is 4.81. The third-order valence-electron chi connectivity index (χ3n) is 3.75. The predicted molar refractivity (Wildman–Crippen MR) is 79.0 cm³/mol. The van der Waals surface area contributed by atoms with Crippen LogP contribution in [0, 0.1) is 5.41 Å². The van der Waals surface area contributed by atoms with Crippen LogP contribution in [0.15, 0.2) is 24.3 Å². The molecule has 112 valence electrons. The van der Waals surface area contributed by atoms with Crippen molar-refractivity contribution in [2.75, 3.05) is 19.5 Å². The van der Waals surface area contributed by atoms with E-state index < -0.39 is 9.05 Å².